The summed E-state index contributed by atoms with van der Waals surface area (Å²) >= 11 is 0. The molecule has 8 nitrogen and oxygen atoms in total. The van der Waals surface area contributed by atoms with Gasteiger partial charge in [0, 0.05) is 29.7 Å². The first-order valence-electron chi connectivity index (χ1n) is 10.3. The van der Waals surface area contributed by atoms with Crippen molar-refractivity contribution in [2.45, 2.75) is 6.42 Å². The van der Waals surface area contributed by atoms with E-state index in [9.17, 15) is 14.0 Å². The van der Waals surface area contributed by atoms with Gasteiger partial charge in [0.05, 0.1) is 38.9 Å². The SMILES string of the molecule is C[N+](C)(C)CCCNc1nc(F)nc(Nc2cccc3c2C(=O)c2ccccc2C3=O)n1. The summed E-state index contributed by atoms with van der Waals surface area (Å²) in [4.78, 5) is 37.6. The van der Waals surface area contributed by atoms with Crippen molar-refractivity contribution in [1.29, 1.82) is 0 Å². The van der Waals surface area contributed by atoms with Gasteiger partial charge in [0.1, 0.15) is 0 Å². The van der Waals surface area contributed by atoms with Crippen LogP contribution in [0.4, 0.5) is 22.0 Å². The lowest BCUT2D eigenvalue weighted by Crippen LogP contribution is -2.36. The highest BCUT2D eigenvalue weighted by molar-refractivity contribution is 6.30. The van der Waals surface area contributed by atoms with E-state index in [0.29, 0.717) is 23.4 Å². The molecule has 0 atom stereocenters. The number of nitrogens with zero attached hydrogens (tertiary/aromatic N) is 4. The number of nitrogens with one attached hydrogen (secondary N) is 2. The maximum absolute atomic E-state index is 14.0. The van der Waals surface area contributed by atoms with Crippen LogP contribution in [0.5, 0.6) is 0 Å². The second-order valence-electron chi connectivity index (χ2n) is 8.60. The molecule has 0 fully saturated rings. The summed E-state index contributed by atoms with van der Waals surface area (Å²) in [6.07, 6.45) is -0.101. The van der Waals surface area contributed by atoms with E-state index in [1.807, 2.05) is 0 Å². The van der Waals surface area contributed by atoms with Crippen LogP contribution in [-0.4, -0.2) is 65.2 Å². The zero-order valence-electron chi connectivity index (χ0n) is 18.1. The van der Waals surface area contributed by atoms with E-state index in [-0.39, 0.29) is 34.6 Å². The van der Waals surface area contributed by atoms with Crippen molar-refractivity contribution in [3.63, 3.8) is 0 Å². The molecule has 1 aliphatic rings. The summed E-state index contributed by atoms with van der Waals surface area (Å²) in [5, 5.41) is 5.89. The van der Waals surface area contributed by atoms with Crippen LogP contribution in [0, 0.1) is 6.08 Å². The van der Waals surface area contributed by atoms with Crippen LogP contribution in [0.15, 0.2) is 42.5 Å². The summed E-state index contributed by atoms with van der Waals surface area (Å²) in [5.74, 6) is -0.482. The highest BCUT2D eigenvalue weighted by atomic mass is 19.1. The molecule has 2 aromatic carbocycles. The molecule has 32 heavy (non-hydrogen) atoms. The standard InChI is InChI=1S/C23H23FN6O2/c1-30(2,3)13-7-12-25-22-27-21(24)28-23(29-22)26-17-11-6-10-16-18(17)20(32)15-9-5-4-8-14(15)19(16)31/h4-6,8-11H,7,12-13H2,1-3H3,(H-,25,26,27,28,29,32)/p+1. The Morgan fingerprint density at radius 2 is 1.50 bits per heavy atom. The second-order valence-corrected chi connectivity index (χ2v) is 8.60. The van der Waals surface area contributed by atoms with Crippen molar-refractivity contribution in [1.82, 2.24) is 15.0 Å². The average Bonchev–Trinajstić information content (AvgIpc) is 2.74. The van der Waals surface area contributed by atoms with Crippen LogP contribution in [0.25, 0.3) is 0 Å². The number of rotatable bonds is 7. The molecule has 0 radical (unpaired) electrons. The third-order valence-electron chi connectivity index (χ3n) is 5.10. The van der Waals surface area contributed by atoms with Crippen LogP contribution < -0.4 is 10.6 Å². The van der Waals surface area contributed by atoms with E-state index in [1.54, 1.807) is 42.5 Å². The molecule has 0 aliphatic heterocycles. The van der Waals surface area contributed by atoms with E-state index in [2.05, 4.69) is 46.7 Å². The Bertz CT molecular complexity index is 1210. The fourth-order valence-electron chi connectivity index (χ4n) is 3.61. The third kappa shape index (κ3) is 4.47. The van der Waals surface area contributed by atoms with Crippen molar-refractivity contribution < 1.29 is 18.5 Å². The average molecular weight is 435 g/mol. The first kappa shape index (κ1) is 21.5. The first-order valence-corrected chi connectivity index (χ1v) is 10.3. The van der Waals surface area contributed by atoms with Gasteiger partial charge < -0.3 is 15.1 Å². The van der Waals surface area contributed by atoms with Crippen LogP contribution >= 0.6 is 0 Å². The Balaban J connectivity index is 1.59. The van der Waals surface area contributed by atoms with Crippen LogP contribution in [-0.2, 0) is 0 Å². The van der Waals surface area contributed by atoms with Crippen molar-refractivity contribution >= 4 is 29.2 Å². The maximum Gasteiger partial charge on any atom is 0.315 e. The summed E-state index contributed by atoms with van der Waals surface area (Å²) in [6, 6.07) is 11.6. The van der Waals surface area contributed by atoms with E-state index < -0.39 is 6.08 Å². The number of halogens is 1. The van der Waals surface area contributed by atoms with Gasteiger partial charge in [0.2, 0.25) is 11.9 Å². The Morgan fingerprint density at radius 3 is 2.22 bits per heavy atom. The molecule has 0 saturated heterocycles. The monoisotopic (exact) mass is 435 g/mol. The first-order chi connectivity index (χ1) is 15.2. The molecule has 164 valence electrons. The van der Waals surface area contributed by atoms with Gasteiger partial charge in [0.25, 0.3) is 0 Å². The predicted molar refractivity (Wildman–Crippen MR) is 119 cm³/mol. The van der Waals surface area contributed by atoms with E-state index in [0.717, 1.165) is 17.4 Å². The Labute approximate surface area is 185 Å². The van der Waals surface area contributed by atoms with E-state index >= 15 is 0 Å². The minimum Gasteiger partial charge on any atom is -0.354 e. The minimum absolute atomic E-state index is 0.0564. The van der Waals surface area contributed by atoms with Gasteiger partial charge in [-0.25, -0.2) is 0 Å². The van der Waals surface area contributed by atoms with Gasteiger partial charge in [-0.3, -0.25) is 9.59 Å². The fraction of sp³-hybridized carbons (Fsp3) is 0.261. The Morgan fingerprint density at radius 1 is 0.844 bits per heavy atom. The van der Waals surface area contributed by atoms with Crippen molar-refractivity contribution in [2.24, 2.45) is 0 Å². The van der Waals surface area contributed by atoms with Gasteiger partial charge in [-0.2, -0.15) is 19.3 Å². The third-order valence-corrected chi connectivity index (χ3v) is 5.10. The van der Waals surface area contributed by atoms with Crippen LogP contribution in [0.1, 0.15) is 38.3 Å². The van der Waals surface area contributed by atoms with Gasteiger partial charge in [-0.05, 0) is 6.07 Å². The molecular formula is C23H24FN6O2+. The zero-order valence-corrected chi connectivity index (χ0v) is 18.1. The lowest BCUT2D eigenvalue weighted by molar-refractivity contribution is -0.870. The number of ketones is 2. The van der Waals surface area contributed by atoms with Crippen molar-refractivity contribution in [3.05, 3.63) is 70.8 Å². The van der Waals surface area contributed by atoms with Crippen molar-refractivity contribution in [3.8, 4) is 0 Å². The molecule has 4 rings (SSSR count). The summed E-state index contributed by atoms with van der Waals surface area (Å²) in [6.45, 7) is 1.50. The molecule has 0 spiro atoms. The zero-order chi connectivity index (χ0) is 22.9. The summed E-state index contributed by atoms with van der Waals surface area (Å²) in [5.41, 5.74) is 1.53. The highest BCUT2D eigenvalue weighted by Gasteiger charge is 2.31. The van der Waals surface area contributed by atoms with Crippen molar-refractivity contribution in [2.75, 3.05) is 44.9 Å². The van der Waals surface area contributed by atoms with Crippen LogP contribution in [0.3, 0.4) is 0 Å². The molecular weight excluding hydrogens is 411 g/mol. The van der Waals surface area contributed by atoms with E-state index in [1.165, 1.54) is 0 Å². The highest BCUT2D eigenvalue weighted by Crippen LogP contribution is 2.32. The smallest absolute Gasteiger partial charge is 0.315 e. The lowest BCUT2D eigenvalue weighted by Gasteiger charge is -2.23. The van der Waals surface area contributed by atoms with Gasteiger partial charge in [-0.1, -0.05) is 36.4 Å². The number of benzene rings is 2. The normalized spacial score (nSPS) is 12.9. The molecule has 2 N–H and O–H groups in total. The number of anilines is 3. The fourth-order valence-corrected chi connectivity index (χ4v) is 3.61. The number of aromatic nitrogens is 3. The Hall–Kier alpha value is -3.72. The molecule has 3 aromatic rings. The number of fused-ring (bicyclic) bond motifs is 2. The largest absolute Gasteiger partial charge is 0.354 e. The lowest BCUT2D eigenvalue weighted by atomic mass is 9.83. The van der Waals surface area contributed by atoms with Gasteiger partial charge >= 0.3 is 6.08 Å². The molecule has 0 bridgehead atoms. The molecule has 9 heteroatoms. The summed E-state index contributed by atoms with van der Waals surface area (Å²) < 4.78 is 14.9. The topological polar surface area (TPSA) is 96.9 Å². The number of carbonyl (C=O) groups excluding carboxylic acids is 2. The number of quaternary nitrogens is 1. The molecule has 0 saturated carbocycles. The number of carbonyl (C=O) groups is 2. The number of hydrogen-bond acceptors (Lipinski definition) is 7. The second kappa shape index (κ2) is 8.43. The predicted octanol–water partition coefficient (Wildman–Crippen LogP) is 3.04. The minimum atomic E-state index is -0.950. The Kier molecular flexibility index (Phi) is 5.67. The molecule has 1 heterocycles. The maximum atomic E-state index is 14.0. The van der Waals surface area contributed by atoms with E-state index in [4.69, 9.17) is 0 Å². The number of hydrogen-bond donors (Lipinski definition) is 2. The van der Waals surface area contributed by atoms with Gasteiger partial charge in [0.15, 0.2) is 11.6 Å². The molecule has 0 amide bonds. The molecule has 0 unspecified atom stereocenters. The molecule has 1 aliphatic carbocycles. The van der Waals surface area contributed by atoms with Gasteiger partial charge in [-0.15, -0.1) is 0 Å². The summed E-state index contributed by atoms with van der Waals surface area (Å²) in [7, 11) is 6.28. The van der Waals surface area contributed by atoms with Crippen LogP contribution in [0.2, 0.25) is 0 Å². The molecule has 1 aromatic heterocycles. The quantitative estimate of drug-likeness (QED) is 0.340.